The van der Waals surface area contributed by atoms with Gasteiger partial charge in [0.2, 0.25) is 0 Å². The Bertz CT molecular complexity index is 3350. The van der Waals surface area contributed by atoms with Crippen LogP contribution in [0, 0.1) is 22.7 Å². The maximum atomic E-state index is 10.5. The largest absolute Gasteiger partial charge is 0.309 e. The summed E-state index contributed by atoms with van der Waals surface area (Å²) >= 11 is 0. The minimum Gasteiger partial charge on any atom is -0.309 e. The van der Waals surface area contributed by atoms with Crippen LogP contribution in [0.2, 0.25) is 0 Å². The first-order valence-corrected chi connectivity index (χ1v) is 18.3. The molecule has 0 bridgehead atoms. The van der Waals surface area contributed by atoms with Crippen molar-refractivity contribution in [2.75, 3.05) is 0 Å². The van der Waals surface area contributed by atoms with Crippen LogP contribution in [-0.4, -0.2) is 13.7 Å². The first-order valence-electron chi connectivity index (χ1n) is 18.3. The molecule has 0 spiro atoms. The summed E-state index contributed by atoms with van der Waals surface area (Å²) < 4.78 is 6.93. The molecule has 0 saturated carbocycles. The van der Waals surface area contributed by atoms with E-state index in [0.717, 1.165) is 72.1 Å². The molecule has 11 rings (SSSR count). The zero-order chi connectivity index (χ0) is 36.6. The molecule has 0 saturated heterocycles. The fourth-order valence-corrected chi connectivity index (χ4v) is 8.85. The minimum absolute atomic E-state index is 0.615. The Hall–Kier alpha value is -7.86. The zero-order valence-corrected chi connectivity index (χ0v) is 29.5. The highest BCUT2D eigenvalue weighted by atomic mass is 15.0. The Labute approximate surface area is 316 Å². The smallest absolute Gasteiger partial charge is 0.0998 e. The summed E-state index contributed by atoms with van der Waals surface area (Å²) in [5.41, 5.74) is 12.6. The van der Waals surface area contributed by atoms with E-state index in [1.165, 1.54) is 21.5 Å². The lowest BCUT2D eigenvalue weighted by Crippen LogP contribution is -2.00. The Morgan fingerprint density at radius 3 is 1.42 bits per heavy atom. The van der Waals surface area contributed by atoms with E-state index in [0.29, 0.717) is 11.1 Å². The molecule has 5 heteroatoms. The molecule has 0 aliphatic rings. The average Bonchev–Trinajstić information content (AvgIpc) is 3.89. The molecule has 8 aromatic carbocycles. The van der Waals surface area contributed by atoms with E-state index in [2.05, 4.69) is 177 Å². The van der Waals surface area contributed by atoms with Crippen LogP contribution in [0.15, 0.2) is 176 Å². The summed E-state index contributed by atoms with van der Waals surface area (Å²) in [5.74, 6) is 0. The Morgan fingerprint density at radius 1 is 0.364 bits per heavy atom. The van der Waals surface area contributed by atoms with Gasteiger partial charge in [0.15, 0.2) is 0 Å². The molecule has 3 heterocycles. The molecule has 0 atom stereocenters. The quantitative estimate of drug-likeness (QED) is 0.184. The number of fused-ring (bicyclic) bond motifs is 9. The molecule has 0 N–H and O–H groups in total. The van der Waals surface area contributed by atoms with Gasteiger partial charge in [0.25, 0.3) is 0 Å². The van der Waals surface area contributed by atoms with E-state index in [1.807, 2.05) is 24.3 Å². The third-order valence-corrected chi connectivity index (χ3v) is 11.1. The lowest BCUT2D eigenvalue weighted by atomic mass is 9.97. The molecule has 0 aliphatic heterocycles. The molecule has 55 heavy (non-hydrogen) atoms. The fourth-order valence-electron chi connectivity index (χ4n) is 8.85. The molecule has 254 valence electrons. The molecule has 0 unspecified atom stereocenters. The normalized spacial score (nSPS) is 11.6. The standard InChI is InChI=1S/C50H29N5/c51-30-32-23-28-45-40(29-32)50-47(21-10-22-48(50)55-43-18-7-3-14-38(43)39-15-4-8-19-44(39)55)53(45)35-26-24-33(25-27-35)49-34(31-52)11-9-20-46(49)54-41-16-5-1-12-36(41)37-13-2-6-17-42(37)54/h1-29H. The molecule has 0 fully saturated rings. The number of benzene rings is 8. The summed E-state index contributed by atoms with van der Waals surface area (Å²) in [6, 6.07) is 65.8. The average molecular weight is 700 g/mol. The molecule has 0 radical (unpaired) electrons. The van der Waals surface area contributed by atoms with Crippen LogP contribution in [0.25, 0.3) is 93.6 Å². The second-order valence-electron chi connectivity index (χ2n) is 13.9. The van der Waals surface area contributed by atoms with Crippen LogP contribution in [-0.2, 0) is 0 Å². The van der Waals surface area contributed by atoms with Gasteiger partial charge >= 0.3 is 0 Å². The van der Waals surface area contributed by atoms with Crippen molar-refractivity contribution in [1.82, 2.24) is 13.7 Å². The topological polar surface area (TPSA) is 62.4 Å². The molecule has 11 aromatic rings. The number of hydrogen-bond donors (Lipinski definition) is 0. The highest BCUT2D eigenvalue weighted by Gasteiger charge is 2.21. The Kier molecular flexibility index (Phi) is 6.61. The lowest BCUT2D eigenvalue weighted by molar-refractivity contribution is 1.16. The number of aromatic nitrogens is 3. The molecular weight excluding hydrogens is 671 g/mol. The number of para-hydroxylation sites is 4. The van der Waals surface area contributed by atoms with Gasteiger partial charge in [-0.3, -0.25) is 0 Å². The van der Waals surface area contributed by atoms with Crippen molar-refractivity contribution in [1.29, 1.82) is 10.5 Å². The third kappa shape index (κ3) is 4.39. The number of hydrogen-bond acceptors (Lipinski definition) is 2. The highest BCUT2D eigenvalue weighted by Crippen LogP contribution is 2.42. The Balaban J connectivity index is 1.14. The first-order chi connectivity index (χ1) is 27.2. The van der Waals surface area contributed by atoms with E-state index >= 15 is 0 Å². The highest BCUT2D eigenvalue weighted by molar-refractivity contribution is 6.17. The summed E-state index contributed by atoms with van der Waals surface area (Å²) in [4.78, 5) is 0. The summed E-state index contributed by atoms with van der Waals surface area (Å²) in [5, 5.41) is 27.3. The number of nitriles is 2. The van der Waals surface area contributed by atoms with Crippen molar-refractivity contribution in [3.8, 4) is 40.3 Å². The van der Waals surface area contributed by atoms with Gasteiger partial charge in [0, 0.05) is 43.6 Å². The first kappa shape index (κ1) is 30.7. The van der Waals surface area contributed by atoms with Gasteiger partial charge in [0.05, 0.1) is 67.7 Å². The van der Waals surface area contributed by atoms with Crippen molar-refractivity contribution < 1.29 is 0 Å². The van der Waals surface area contributed by atoms with Crippen molar-refractivity contribution >= 4 is 65.4 Å². The van der Waals surface area contributed by atoms with Crippen molar-refractivity contribution in [3.63, 3.8) is 0 Å². The SMILES string of the molecule is N#Cc1ccc2c(c1)c1c(-n3c4ccccc4c4ccccc43)cccc1n2-c1ccc(-c2c(C#N)cccc2-n2c3ccccc3c3ccccc32)cc1. The van der Waals surface area contributed by atoms with E-state index in [1.54, 1.807) is 0 Å². The Morgan fingerprint density at radius 2 is 0.855 bits per heavy atom. The van der Waals surface area contributed by atoms with Crippen LogP contribution in [0.1, 0.15) is 11.1 Å². The number of nitrogens with zero attached hydrogens (tertiary/aromatic N) is 5. The fraction of sp³-hybridized carbons (Fsp3) is 0. The zero-order valence-electron chi connectivity index (χ0n) is 29.5. The van der Waals surface area contributed by atoms with Crippen LogP contribution < -0.4 is 0 Å². The van der Waals surface area contributed by atoms with Gasteiger partial charge in [-0.25, -0.2) is 0 Å². The van der Waals surface area contributed by atoms with E-state index < -0.39 is 0 Å². The van der Waals surface area contributed by atoms with Crippen molar-refractivity contribution in [3.05, 3.63) is 187 Å². The van der Waals surface area contributed by atoms with Crippen molar-refractivity contribution in [2.45, 2.75) is 0 Å². The van der Waals surface area contributed by atoms with Crippen LogP contribution in [0.5, 0.6) is 0 Å². The maximum Gasteiger partial charge on any atom is 0.0998 e. The maximum absolute atomic E-state index is 10.5. The molecule has 5 nitrogen and oxygen atoms in total. The molecular formula is C50H29N5. The second kappa shape index (κ2) is 11.8. The van der Waals surface area contributed by atoms with Gasteiger partial charge < -0.3 is 13.7 Å². The predicted octanol–water partition coefficient (Wildman–Crippen LogP) is 12.4. The summed E-state index contributed by atoms with van der Waals surface area (Å²) in [6.07, 6.45) is 0. The van der Waals surface area contributed by atoms with Gasteiger partial charge in [-0.1, -0.05) is 97.1 Å². The van der Waals surface area contributed by atoms with E-state index in [-0.39, 0.29) is 0 Å². The van der Waals surface area contributed by atoms with Gasteiger partial charge in [-0.05, 0) is 84.4 Å². The van der Waals surface area contributed by atoms with Gasteiger partial charge in [0.1, 0.15) is 0 Å². The molecule has 0 aliphatic carbocycles. The second-order valence-corrected chi connectivity index (χ2v) is 13.9. The molecule has 3 aromatic heterocycles. The van der Waals surface area contributed by atoms with Crippen LogP contribution >= 0.6 is 0 Å². The molecule has 0 amide bonds. The predicted molar refractivity (Wildman–Crippen MR) is 224 cm³/mol. The minimum atomic E-state index is 0.615. The van der Waals surface area contributed by atoms with Gasteiger partial charge in [-0.2, -0.15) is 10.5 Å². The number of rotatable bonds is 4. The summed E-state index contributed by atoms with van der Waals surface area (Å²) in [7, 11) is 0. The lowest BCUT2D eigenvalue weighted by Gasteiger charge is -2.16. The van der Waals surface area contributed by atoms with Crippen molar-refractivity contribution in [2.24, 2.45) is 0 Å². The monoisotopic (exact) mass is 699 g/mol. The summed E-state index contributed by atoms with van der Waals surface area (Å²) in [6.45, 7) is 0. The van der Waals surface area contributed by atoms with Crippen LogP contribution in [0.3, 0.4) is 0 Å². The van der Waals surface area contributed by atoms with Crippen LogP contribution in [0.4, 0.5) is 0 Å². The van der Waals surface area contributed by atoms with E-state index in [4.69, 9.17) is 0 Å². The van der Waals surface area contributed by atoms with Gasteiger partial charge in [-0.15, -0.1) is 0 Å². The third-order valence-electron chi connectivity index (χ3n) is 11.1. The van der Waals surface area contributed by atoms with E-state index in [9.17, 15) is 10.5 Å².